The summed E-state index contributed by atoms with van der Waals surface area (Å²) >= 11 is 0. The van der Waals surface area contributed by atoms with E-state index in [1.807, 2.05) is 0 Å². The van der Waals surface area contributed by atoms with Crippen molar-refractivity contribution >= 4 is 9.05 Å². The molecular weight excluding hydrogens is 226 g/mol. The van der Waals surface area contributed by atoms with Crippen LogP contribution in [0.2, 0.25) is 0 Å². The van der Waals surface area contributed by atoms with Crippen LogP contribution in [-0.2, 0) is 17.7 Å². The summed E-state index contributed by atoms with van der Waals surface area (Å²) < 4.78 is 20.9. The van der Waals surface area contributed by atoms with E-state index in [4.69, 9.17) is 17.7 Å². The Morgan fingerprint density at radius 3 is 2.00 bits per heavy atom. The van der Waals surface area contributed by atoms with Gasteiger partial charge in [-0.15, -0.1) is 0 Å². The molecule has 0 aliphatic carbocycles. The molecule has 5 nitrogen and oxygen atoms in total. The van der Waals surface area contributed by atoms with Gasteiger partial charge in [-0.1, -0.05) is 13.3 Å². The van der Waals surface area contributed by atoms with Gasteiger partial charge in [0, 0.05) is 27.9 Å². The molecule has 0 aliphatic heterocycles. The maximum absolute atomic E-state index is 5.52. The zero-order valence-electron chi connectivity index (χ0n) is 10.9. The second-order valence-electron chi connectivity index (χ2n) is 3.42. The predicted octanol–water partition coefficient (Wildman–Crippen LogP) is 1.16. The highest BCUT2D eigenvalue weighted by Crippen LogP contribution is 2.07. The van der Waals surface area contributed by atoms with Crippen LogP contribution < -0.4 is 5.32 Å². The fraction of sp³-hybridized carbons (Fsp3) is 1.00. The van der Waals surface area contributed by atoms with Crippen LogP contribution in [0.3, 0.4) is 0 Å². The van der Waals surface area contributed by atoms with Gasteiger partial charge in [0.1, 0.15) is 0 Å². The summed E-state index contributed by atoms with van der Waals surface area (Å²) in [4.78, 5) is 0. The summed E-state index contributed by atoms with van der Waals surface area (Å²) in [7, 11) is 1.80. The van der Waals surface area contributed by atoms with Gasteiger partial charge in [0.2, 0.25) is 0 Å². The average molecular weight is 251 g/mol. The van der Waals surface area contributed by atoms with Crippen molar-refractivity contribution in [3.05, 3.63) is 0 Å². The minimum Gasteiger partial charge on any atom is -0.355 e. The van der Waals surface area contributed by atoms with Crippen LogP contribution in [0.5, 0.6) is 0 Å². The molecule has 0 rings (SSSR count). The van der Waals surface area contributed by atoms with E-state index in [0.29, 0.717) is 6.61 Å². The molecule has 0 atom stereocenters. The van der Waals surface area contributed by atoms with Crippen molar-refractivity contribution in [2.45, 2.75) is 26.2 Å². The lowest BCUT2D eigenvalue weighted by Crippen LogP contribution is -2.46. The van der Waals surface area contributed by atoms with E-state index in [1.165, 1.54) is 12.8 Å². The van der Waals surface area contributed by atoms with Crippen molar-refractivity contribution in [3.8, 4) is 0 Å². The number of hydrogen-bond donors (Lipinski definition) is 1. The molecule has 16 heavy (non-hydrogen) atoms. The van der Waals surface area contributed by atoms with Crippen LogP contribution in [0.4, 0.5) is 0 Å². The van der Waals surface area contributed by atoms with E-state index >= 15 is 0 Å². The van der Waals surface area contributed by atoms with Crippen molar-refractivity contribution in [1.29, 1.82) is 0 Å². The third-order valence-corrected chi connectivity index (χ3v) is 4.29. The van der Waals surface area contributed by atoms with E-state index in [0.717, 1.165) is 19.5 Å². The monoisotopic (exact) mass is 251 g/mol. The van der Waals surface area contributed by atoms with Gasteiger partial charge in [-0.2, -0.15) is 0 Å². The Morgan fingerprint density at radius 1 is 0.938 bits per heavy atom. The van der Waals surface area contributed by atoms with Crippen molar-refractivity contribution < 1.29 is 17.7 Å². The summed E-state index contributed by atoms with van der Waals surface area (Å²) in [6.45, 7) is 4.78. The van der Waals surface area contributed by atoms with E-state index in [9.17, 15) is 0 Å². The minimum absolute atomic E-state index is 0.584. The minimum atomic E-state index is -2.82. The molecule has 1 N–H and O–H groups in total. The quantitative estimate of drug-likeness (QED) is 0.441. The van der Waals surface area contributed by atoms with E-state index in [2.05, 4.69) is 12.2 Å². The molecule has 0 amide bonds. The molecule has 0 aromatic carbocycles. The Morgan fingerprint density at radius 2 is 1.50 bits per heavy atom. The van der Waals surface area contributed by atoms with Crippen molar-refractivity contribution in [3.63, 3.8) is 0 Å². The van der Waals surface area contributed by atoms with Gasteiger partial charge >= 0.3 is 9.05 Å². The first kappa shape index (κ1) is 16.0. The van der Waals surface area contributed by atoms with Gasteiger partial charge in [-0.3, -0.25) is 0 Å². The molecule has 0 saturated heterocycles. The summed E-state index contributed by atoms with van der Waals surface area (Å²) in [5.41, 5.74) is 0. The van der Waals surface area contributed by atoms with Gasteiger partial charge in [0.05, 0.1) is 0 Å². The Hall–Kier alpha value is 0.0169. The third-order valence-electron chi connectivity index (χ3n) is 2.23. The molecule has 0 fully saturated rings. The molecule has 6 heteroatoms. The van der Waals surface area contributed by atoms with E-state index in [-0.39, 0.29) is 0 Å². The van der Waals surface area contributed by atoms with Crippen LogP contribution in [0.25, 0.3) is 0 Å². The molecule has 0 spiro atoms. The van der Waals surface area contributed by atoms with Crippen LogP contribution in [0.1, 0.15) is 26.2 Å². The number of rotatable bonds is 11. The lowest BCUT2D eigenvalue weighted by Gasteiger charge is -2.22. The Labute approximate surface area is 99.9 Å². The molecule has 0 heterocycles. The maximum atomic E-state index is 5.52. The van der Waals surface area contributed by atoms with Gasteiger partial charge in [-0.05, 0) is 25.9 Å². The first-order valence-corrected chi connectivity index (χ1v) is 7.38. The van der Waals surface area contributed by atoms with Crippen LogP contribution in [0, 0.1) is 0 Å². The van der Waals surface area contributed by atoms with Crippen molar-refractivity contribution in [1.82, 2.24) is 5.32 Å². The van der Waals surface area contributed by atoms with Crippen LogP contribution in [0.15, 0.2) is 0 Å². The normalized spacial score (nSPS) is 12.0. The van der Waals surface area contributed by atoms with Gasteiger partial charge in [-0.25, -0.2) is 0 Å². The molecule has 0 saturated carbocycles. The molecule has 0 aromatic rings. The highest BCUT2D eigenvalue weighted by Gasteiger charge is 2.41. The predicted molar refractivity (Wildman–Crippen MR) is 65.1 cm³/mol. The summed E-state index contributed by atoms with van der Waals surface area (Å²) in [6.07, 6.45) is 3.36. The molecule has 0 aliphatic rings. The Kier molecular flexibility index (Phi) is 10.2. The van der Waals surface area contributed by atoms with Crippen molar-refractivity contribution in [2.75, 3.05) is 41.0 Å². The second-order valence-corrected chi connectivity index (χ2v) is 5.93. The second kappa shape index (κ2) is 10.2. The molecule has 0 unspecified atom stereocenters. The fourth-order valence-corrected chi connectivity index (χ4v) is 2.50. The summed E-state index contributed by atoms with van der Waals surface area (Å²) in [5, 5.41) is 3.34. The van der Waals surface area contributed by atoms with Crippen molar-refractivity contribution in [2.24, 2.45) is 0 Å². The number of unbranched alkanes of at least 4 members (excludes halogenated alkanes) is 1. The van der Waals surface area contributed by atoms with Crippen LogP contribution >= 0.6 is 0 Å². The number of nitrogens with one attached hydrogen (secondary N) is 1. The third kappa shape index (κ3) is 6.57. The average Bonchev–Trinajstić information content (AvgIpc) is 2.34. The fourth-order valence-electron chi connectivity index (χ4n) is 1.25. The lowest BCUT2D eigenvalue weighted by molar-refractivity contribution is 0.00549. The molecular formula is C10H25NO4Si. The summed E-state index contributed by atoms with van der Waals surface area (Å²) in [5.74, 6) is 0. The largest absolute Gasteiger partial charge is 0.678 e. The highest BCUT2D eigenvalue weighted by molar-refractivity contribution is 6.53. The standard InChI is InChI=1S/C10H25NO4Si/c1-5-6-8-11-9-7-10-15-16(12-2,13-3)14-4/h11H,5-10H2,1-4H3. The summed E-state index contributed by atoms with van der Waals surface area (Å²) in [6, 6.07) is 0. The van der Waals surface area contributed by atoms with Gasteiger partial charge in [0.25, 0.3) is 0 Å². The lowest BCUT2D eigenvalue weighted by atomic mass is 10.3. The van der Waals surface area contributed by atoms with E-state index in [1.54, 1.807) is 21.3 Å². The molecule has 0 aromatic heterocycles. The maximum Gasteiger partial charge on any atom is 0.678 e. The zero-order chi connectivity index (χ0) is 12.3. The first-order valence-electron chi connectivity index (χ1n) is 5.74. The zero-order valence-corrected chi connectivity index (χ0v) is 11.9. The van der Waals surface area contributed by atoms with Gasteiger partial charge in [0.15, 0.2) is 0 Å². The van der Waals surface area contributed by atoms with Crippen LogP contribution in [-0.4, -0.2) is 50.1 Å². The SMILES string of the molecule is CCCCNCCCO[Si](OC)(OC)OC. The Bertz CT molecular complexity index is 147. The smallest absolute Gasteiger partial charge is 0.355 e. The van der Waals surface area contributed by atoms with E-state index < -0.39 is 9.05 Å². The van der Waals surface area contributed by atoms with Gasteiger partial charge < -0.3 is 23.0 Å². The molecule has 0 radical (unpaired) electrons. The molecule has 0 bridgehead atoms. The first-order chi connectivity index (χ1) is 7.74. The highest BCUT2D eigenvalue weighted by atomic mass is 28.4. The molecule has 98 valence electrons. The Balaban J connectivity index is 3.48. The number of hydrogen-bond acceptors (Lipinski definition) is 5. The topological polar surface area (TPSA) is 49.0 Å².